The summed E-state index contributed by atoms with van der Waals surface area (Å²) in [6, 6.07) is 0. The van der Waals surface area contributed by atoms with Gasteiger partial charge in [-0.25, -0.2) is 0 Å². The Kier molecular flexibility index (Phi) is 4.26. The van der Waals surface area contributed by atoms with Crippen molar-refractivity contribution in [3.8, 4) is 0 Å². The van der Waals surface area contributed by atoms with Crippen molar-refractivity contribution in [1.29, 1.82) is 0 Å². The molecule has 16 heavy (non-hydrogen) atoms. The van der Waals surface area contributed by atoms with Crippen molar-refractivity contribution in [3.05, 3.63) is 0 Å². The molecule has 0 aliphatic carbocycles. The van der Waals surface area contributed by atoms with Crippen LogP contribution in [0.4, 0.5) is 0 Å². The van der Waals surface area contributed by atoms with Crippen LogP contribution in [0.2, 0.25) is 0 Å². The van der Waals surface area contributed by atoms with Gasteiger partial charge in [-0.15, -0.1) is 0 Å². The molecule has 1 rings (SSSR count). The van der Waals surface area contributed by atoms with E-state index in [1.165, 1.54) is 13.8 Å². The second-order valence-corrected chi connectivity index (χ2v) is 3.77. The average Bonchev–Trinajstić information content (AvgIpc) is 2.11. The molecular formula is C10H16O6. The van der Waals surface area contributed by atoms with Crippen LogP contribution in [-0.4, -0.2) is 41.6 Å². The van der Waals surface area contributed by atoms with E-state index < -0.39 is 36.5 Å². The average molecular weight is 232 g/mol. The number of carbonyl (C=O) groups is 2. The van der Waals surface area contributed by atoms with Crippen molar-refractivity contribution >= 4 is 11.9 Å². The van der Waals surface area contributed by atoms with Crippen molar-refractivity contribution in [2.24, 2.45) is 0 Å². The Balaban J connectivity index is 2.55. The Morgan fingerprint density at radius 1 is 1.25 bits per heavy atom. The van der Waals surface area contributed by atoms with Gasteiger partial charge in [-0.3, -0.25) is 9.59 Å². The molecule has 1 saturated heterocycles. The Labute approximate surface area is 93.5 Å². The summed E-state index contributed by atoms with van der Waals surface area (Å²) < 4.78 is 15.0. The Bertz CT molecular complexity index is 248. The molecule has 0 aromatic rings. The highest BCUT2D eigenvalue weighted by atomic mass is 16.7. The van der Waals surface area contributed by atoms with Crippen molar-refractivity contribution < 1.29 is 28.9 Å². The largest absolute Gasteiger partial charge is 0.460 e. The highest BCUT2D eigenvalue weighted by Gasteiger charge is 2.38. The Morgan fingerprint density at radius 3 is 2.31 bits per heavy atom. The van der Waals surface area contributed by atoms with E-state index >= 15 is 0 Å². The maximum Gasteiger partial charge on any atom is 0.305 e. The second kappa shape index (κ2) is 5.27. The fraction of sp³-hybridized carbons (Fsp3) is 0.800. The number of ether oxygens (including phenoxy) is 3. The third-order valence-electron chi connectivity index (χ3n) is 2.26. The monoisotopic (exact) mass is 232 g/mol. The quantitative estimate of drug-likeness (QED) is 0.674. The van der Waals surface area contributed by atoms with Crippen LogP contribution in [0.25, 0.3) is 0 Å². The first-order chi connectivity index (χ1) is 7.40. The number of rotatable bonds is 2. The van der Waals surface area contributed by atoms with E-state index in [1.54, 1.807) is 6.92 Å². The maximum absolute atomic E-state index is 10.8. The molecule has 1 N–H and O–H groups in total. The lowest BCUT2D eigenvalue weighted by atomic mass is 10.0. The Morgan fingerprint density at radius 2 is 1.81 bits per heavy atom. The van der Waals surface area contributed by atoms with Gasteiger partial charge in [-0.1, -0.05) is 0 Å². The lowest BCUT2D eigenvalue weighted by Crippen LogP contribution is -2.49. The van der Waals surface area contributed by atoms with Gasteiger partial charge in [0.2, 0.25) is 6.29 Å². The van der Waals surface area contributed by atoms with Gasteiger partial charge in [0.25, 0.3) is 0 Å². The number of esters is 2. The van der Waals surface area contributed by atoms with Crippen LogP contribution in [0.15, 0.2) is 0 Å². The van der Waals surface area contributed by atoms with Gasteiger partial charge >= 0.3 is 11.9 Å². The second-order valence-electron chi connectivity index (χ2n) is 3.77. The smallest absolute Gasteiger partial charge is 0.305 e. The van der Waals surface area contributed by atoms with Crippen LogP contribution in [0.5, 0.6) is 0 Å². The number of carbonyl (C=O) groups excluding carboxylic acids is 2. The van der Waals surface area contributed by atoms with Crippen molar-refractivity contribution in [2.75, 3.05) is 0 Å². The summed E-state index contributed by atoms with van der Waals surface area (Å²) in [5.41, 5.74) is 0. The fourth-order valence-electron chi connectivity index (χ4n) is 1.56. The first-order valence-corrected chi connectivity index (χ1v) is 5.08. The van der Waals surface area contributed by atoms with Gasteiger partial charge in [-0.05, 0) is 6.92 Å². The van der Waals surface area contributed by atoms with E-state index in [0.29, 0.717) is 0 Å². The Hall–Kier alpha value is -1.14. The molecule has 4 atom stereocenters. The first kappa shape index (κ1) is 12.9. The predicted octanol–water partition coefficient (Wildman–Crippen LogP) is -0.0230. The molecule has 0 amide bonds. The third-order valence-corrected chi connectivity index (χ3v) is 2.26. The molecule has 1 aliphatic heterocycles. The summed E-state index contributed by atoms with van der Waals surface area (Å²) in [6.45, 7) is 4.21. The summed E-state index contributed by atoms with van der Waals surface area (Å²) in [7, 11) is 0. The highest BCUT2D eigenvalue weighted by Crippen LogP contribution is 2.23. The van der Waals surface area contributed by atoms with Gasteiger partial charge in [0.05, 0.1) is 6.10 Å². The zero-order valence-corrected chi connectivity index (χ0v) is 9.50. The summed E-state index contributed by atoms with van der Waals surface area (Å²) >= 11 is 0. The van der Waals surface area contributed by atoms with Gasteiger partial charge in [-0.2, -0.15) is 0 Å². The highest BCUT2D eigenvalue weighted by molar-refractivity contribution is 5.66. The normalized spacial score (nSPS) is 34.2. The molecule has 0 spiro atoms. The van der Waals surface area contributed by atoms with Crippen LogP contribution >= 0.6 is 0 Å². The number of hydrogen-bond donors (Lipinski definition) is 1. The van der Waals surface area contributed by atoms with E-state index in [1.807, 2.05) is 0 Å². The van der Waals surface area contributed by atoms with Crippen LogP contribution in [-0.2, 0) is 23.8 Å². The molecule has 1 heterocycles. The number of hydrogen-bond acceptors (Lipinski definition) is 6. The van der Waals surface area contributed by atoms with Crippen LogP contribution in [0, 0.1) is 0 Å². The molecule has 1 unspecified atom stereocenters. The molecule has 0 radical (unpaired) electrons. The topological polar surface area (TPSA) is 82.1 Å². The van der Waals surface area contributed by atoms with E-state index in [-0.39, 0.29) is 6.42 Å². The van der Waals surface area contributed by atoms with Crippen LogP contribution in [0.1, 0.15) is 27.2 Å². The fourth-order valence-corrected chi connectivity index (χ4v) is 1.56. The van der Waals surface area contributed by atoms with Crippen LogP contribution < -0.4 is 0 Å². The molecular weight excluding hydrogens is 216 g/mol. The molecule has 6 nitrogen and oxygen atoms in total. The molecule has 0 saturated carbocycles. The number of aliphatic hydroxyl groups excluding tert-OH is 1. The van der Waals surface area contributed by atoms with Gasteiger partial charge in [0.15, 0.2) is 0 Å². The third kappa shape index (κ3) is 3.46. The lowest BCUT2D eigenvalue weighted by Gasteiger charge is -2.36. The molecule has 0 aromatic heterocycles. The molecule has 0 aromatic carbocycles. The van der Waals surface area contributed by atoms with Crippen molar-refractivity contribution in [2.45, 2.75) is 51.8 Å². The van der Waals surface area contributed by atoms with Gasteiger partial charge in [0, 0.05) is 20.3 Å². The molecule has 1 aliphatic rings. The first-order valence-electron chi connectivity index (χ1n) is 5.08. The predicted molar refractivity (Wildman–Crippen MR) is 52.3 cm³/mol. The van der Waals surface area contributed by atoms with Crippen LogP contribution in [0.3, 0.4) is 0 Å². The van der Waals surface area contributed by atoms with Crippen molar-refractivity contribution in [1.82, 2.24) is 0 Å². The van der Waals surface area contributed by atoms with E-state index in [4.69, 9.17) is 14.2 Å². The minimum absolute atomic E-state index is 0.193. The summed E-state index contributed by atoms with van der Waals surface area (Å²) in [4.78, 5) is 21.5. The number of aliphatic hydroxyl groups is 1. The SMILES string of the molecule is CC(=O)OC1O[C@@H](C)[C@H](OC(C)=O)C[C@@H]1O. The summed E-state index contributed by atoms with van der Waals surface area (Å²) in [6.07, 6.45) is -2.71. The molecule has 6 heteroatoms. The maximum atomic E-state index is 10.8. The molecule has 0 bridgehead atoms. The van der Waals surface area contributed by atoms with Gasteiger partial charge < -0.3 is 19.3 Å². The molecule has 92 valence electrons. The lowest BCUT2D eigenvalue weighted by molar-refractivity contribution is -0.256. The van der Waals surface area contributed by atoms with E-state index in [0.717, 1.165) is 0 Å². The van der Waals surface area contributed by atoms with E-state index in [2.05, 4.69) is 0 Å². The molecule has 1 fully saturated rings. The zero-order valence-electron chi connectivity index (χ0n) is 9.50. The van der Waals surface area contributed by atoms with E-state index in [9.17, 15) is 14.7 Å². The zero-order chi connectivity index (χ0) is 12.3. The standard InChI is InChI=1S/C10H16O6/c1-5-9(15-6(2)11)4-8(13)10(14-5)16-7(3)12/h5,8-10,13H,4H2,1-3H3/t5-,8-,9+,10?/m0/s1. The summed E-state index contributed by atoms with van der Waals surface area (Å²) in [5, 5.41) is 9.63. The van der Waals surface area contributed by atoms with Gasteiger partial charge in [0.1, 0.15) is 12.2 Å². The van der Waals surface area contributed by atoms with Crippen molar-refractivity contribution in [3.63, 3.8) is 0 Å². The summed E-state index contributed by atoms with van der Waals surface area (Å²) in [5.74, 6) is -0.958. The minimum atomic E-state index is -0.987. The minimum Gasteiger partial charge on any atom is -0.460 e.